The van der Waals surface area contributed by atoms with Crippen LogP contribution in [0.2, 0.25) is 0 Å². The Morgan fingerprint density at radius 1 is 1.35 bits per heavy atom. The molecule has 0 aromatic carbocycles. The van der Waals surface area contributed by atoms with Gasteiger partial charge in [0, 0.05) is 26.1 Å². The van der Waals surface area contributed by atoms with Gasteiger partial charge in [0.05, 0.1) is 0 Å². The van der Waals surface area contributed by atoms with Crippen LogP contribution >= 0.6 is 0 Å². The van der Waals surface area contributed by atoms with Crippen molar-refractivity contribution in [3.8, 4) is 0 Å². The highest BCUT2D eigenvalue weighted by atomic mass is 16.4. The van der Waals surface area contributed by atoms with Gasteiger partial charge in [-0.05, 0) is 44.7 Å². The fourth-order valence-electron chi connectivity index (χ4n) is 2.51. The van der Waals surface area contributed by atoms with Crippen LogP contribution in [0.3, 0.4) is 0 Å². The van der Waals surface area contributed by atoms with Gasteiger partial charge in [-0.3, -0.25) is 4.79 Å². The van der Waals surface area contributed by atoms with E-state index in [4.69, 9.17) is 5.11 Å². The van der Waals surface area contributed by atoms with Gasteiger partial charge in [-0.25, -0.2) is 4.79 Å². The van der Waals surface area contributed by atoms with Gasteiger partial charge in [0.15, 0.2) is 0 Å². The van der Waals surface area contributed by atoms with E-state index in [0.29, 0.717) is 25.4 Å². The Balaban J connectivity index is 2.20. The lowest BCUT2D eigenvalue weighted by atomic mass is 9.93. The molecule has 0 bridgehead atoms. The second-order valence-corrected chi connectivity index (χ2v) is 5.33. The van der Waals surface area contributed by atoms with Gasteiger partial charge < -0.3 is 20.6 Å². The molecule has 1 aliphatic heterocycles. The quantitative estimate of drug-likeness (QED) is 0.587. The second-order valence-electron chi connectivity index (χ2n) is 5.33. The summed E-state index contributed by atoms with van der Waals surface area (Å²) < 4.78 is 0. The summed E-state index contributed by atoms with van der Waals surface area (Å²) in [7, 11) is 0. The number of carboxylic acid groups (broad SMARTS) is 1. The van der Waals surface area contributed by atoms with Gasteiger partial charge in [0.2, 0.25) is 0 Å². The van der Waals surface area contributed by atoms with Crippen molar-refractivity contribution < 1.29 is 14.7 Å². The third-order valence-electron chi connectivity index (χ3n) is 3.63. The van der Waals surface area contributed by atoms with E-state index in [-0.39, 0.29) is 12.5 Å². The highest BCUT2D eigenvalue weighted by molar-refractivity contribution is 5.74. The van der Waals surface area contributed by atoms with Crippen LogP contribution in [-0.4, -0.2) is 54.7 Å². The molecule has 0 spiro atoms. The molecule has 1 atom stereocenters. The predicted octanol–water partition coefficient (Wildman–Crippen LogP) is 1.27. The summed E-state index contributed by atoms with van der Waals surface area (Å²) in [5.41, 5.74) is 0. The molecule has 1 unspecified atom stereocenters. The van der Waals surface area contributed by atoms with E-state index in [1.807, 2.05) is 4.90 Å². The molecule has 20 heavy (non-hydrogen) atoms. The number of hydrogen-bond donors (Lipinski definition) is 3. The molecule has 0 saturated carbocycles. The predicted molar refractivity (Wildman–Crippen MR) is 77.7 cm³/mol. The summed E-state index contributed by atoms with van der Waals surface area (Å²) in [4.78, 5) is 24.4. The van der Waals surface area contributed by atoms with Crippen molar-refractivity contribution in [2.24, 2.45) is 5.92 Å². The molecule has 0 aromatic heterocycles. The number of nitrogens with one attached hydrogen (secondary N) is 2. The Morgan fingerprint density at radius 2 is 2.15 bits per heavy atom. The number of urea groups is 1. The van der Waals surface area contributed by atoms with Gasteiger partial charge in [0.1, 0.15) is 0 Å². The minimum absolute atomic E-state index is 0.0125. The van der Waals surface area contributed by atoms with E-state index < -0.39 is 5.97 Å². The molecular weight excluding hydrogens is 258 g/mol. The lowest BCUT2D eigenvalue weighted by Gasteiger charge is -2.32. The van der Waals surface area contributed by atoms with Gasteiger partial charge in [-0.2, -0.15) is 0 Å². The number of nitrogens with zero attached hydrogens (tertiary/aromatic N) is 1. The minimum atomic E-state index is -0.755. The zero-order valence-electron chi connectivity index (χ0n) is 12.4. The Bertz CT molecular complexity index is 310. The molecule has 116 valence electrons. The maximum Gasteiger partial charge on any atom is 0.317 e. The number of piperidine rings is 1. The summed E-state index contributed by atoms with van der Waals surface area (Å²) in [6, 6.07) is -0.0125. The van der Waals surface area contributed by atoms with Crippen LogP contribution in [0.25, 0.3) is 0 Å². The summed E-state index contributed by atoms with van der Waals surface area (Å²) in [6.45, 7) is 6.07. The van der Waals surface area contributed by atoms with Gasteiger partial charge in [0.25, 0.3) is 0 Å². The normalized spacial score (nSPS) is 18.9. The van der Waals surface area contributed by atoms with Crippen molar-refractivity contribution in [2.75, 3.05) is 32.7 Å². The molecule has 1 rings (SSSR count). The second kappa shape index (κ2) is 9.58. The third-order valence-corrected chi connectivity index (χ3v) is 3.63. The number of likely N-dealkylation sites (tertiary alicyclic amines) is 1. The standard InChI is InChI=1S/C14H27N3O3/c1-2-15-8-4-9-16-14(20)17-10-3-5-12(11-17)6-7-13(18)19/h12,15H,2-11H2,1H3,(H,16,20)(H,18,19). The molecule has 0 aliphatic carbocycles. The van der Waals surface area contributed by atoms with Crippen LogP contribution in [0.4, 0.5) is 4.79 Å². The average Bonchev–Trinajstić information content (AvgIpc) is 2.45. The first-order valence-electron chi connectivity index (χ1n) is 7.58. The number of amides is 2. The number of hydrogen-bond acceptors (Lipinski definition) is 3. The summed E-state index contributed by atoms with van der Waals surface area (Å²) in [6.07, 6.45) is 3.78. The van der Waals surface area contributed by atoms with E-state index >= 15 is 0 Å². The van der Waals surface area contributed by atoms with Crippen LogP contribution in [0.15, 0.2) is 0 Å². The minimum Gasteiger partial charge on any atom is -0.481 e. The monoisotopic (exact) mass is 285 g/mol. The Labute approximate surface area is 120 Å². The van der Waals surface area contributed by atoms with Crippen molar-refractivity contribution in [1.82, 2.24) is 15.5 Å². The number of aliphatic carboxylic acids is 1. The smallest absolute Gasteiger partial charge is 0.317 e. The Hall–Kier alpha value is -1.30. The van der Waals surface area contributed by atoms with E-state index in [2.05, 4.69) is 17.6 Å². The Morgan fingerprint density at radius 3 is 2.85 bits per heavy atom. The summed E-state index contributed by atoms with van der Waals surface area (Å²) in [5.74, 6) is -0.428. The van der Waals surface area contributed by atoms with Gasteiger partial charge >= 0.3 is 12.0 Å². The van der Waals surface area contributed by atoms with E-state index in [1.54, 1.807) is 0 Å². The number of rotatable bonds is 8. The number of carboxylic acids is 1. The largest absolute Gasteiger partial charge is 0.481 e. The van der Waals surface area contributed by atoms with Crippen molar-refractivity contribution in [1.29, 1.82) is 0 Å². The fraction of sp³-hybridized carbons (Fsp3) is 0.857. The average molecular weight is 285 g/mol. The van der Waals surface area contributed by atoms with Gasteiger partial charge in [-0.15, -0.1) is 0 Å². The topological polar surface area (TPSA) is 81.7 Å². The molecule has 3 N–H and O–H groups in total. The zero-order valence-corrected chi connectivity index (χ0v) is 12.4. The maximum atomic E-state index is 12.0. The third kappa shape index (κ3) is 6.75. The van der Waals surface area contributed by atoms with Crippen molar-refractivity contribution >= 4 is 12.0 Å². The van der Waals surface area contributed by atoms with E-state index in [9.17, 15) is 9.59 Å². The molecular formula is C14H27N3O3. The van der Waals surface area contributed by atoms with Crippen LogP contribution in [0.1, 0.15) is 39.0 Å². The molecule has 0 aromatic rings. The Kier molecular flexibility index (Phi) is 8.02. The van der Waals surface area contributed by atoms with Crippen LogP contribution in [0.5, 0.6) is 0 Å². The SMILES string of the molecule is CCNCCCNC(=O)N1CCCC(CCC(=O)O)C1. The van der Waals surface area contributed by atoms with Gasteiger partial charge in [-0.1, -0.05) is 6.92 Å². The lowest BCUT2D eigenvalue weighted by Crippen LogP contribution is -2.46. The lowest BCUT2D eigenvalue weighted by molar-refractivity contribution is -0.137. The zero-order chi connectivity index (χ0) is 14.8. The molecule has 2 amide bonds. The van der Waals surface area contributed by atoms with E-state index in [1.165, 1.54) is 0 Å². The van der Waals surface area contributed by atoms with Crippen molar-refractivity contribution in [2.45, 2.75) is 39.0 Å². The molecule has 1 fully saturated rings. The first kappa shape index (κ1) is 16.8. The molecule has 0 radical (unpaired) electrons. The fourth-order valence-corrected chi connectivity index (χ4v) is 2.51. The van der Waals surface area contributed by atoms with Crippen LogP contribution in [-0.2, 0) is 4.79 Å². The molecule has 1 saturated heterocycles. The molecule has 6 heteroatoms. The maximum absolute atomic E-state index is 12.0. The van der Waals surface area contributed by atoms with Crippen LogP contribution < -0.4 is 10.6 Å². The molecule has 1 heterocycles. The van der Waals surface area contributed by atoms with Crippen LogP contribution in [0, 0.1) is 5.92 Å². The van der Waals surface area contributed by atoms with Crippen molar-refractivity contribution in [3.63, 3.8) is 0 Å². The molecule has 6 nitrogen and oxygen atoms in total. The van der Waals surface area contributed by atoms with E-state index in [0.717, 1.165) is 38.9 Å². The number of carbonyl (C=O) groups excluding carboxylic acids is 1. The first-order valence-corrected chi connectivity index (χ1v) is 7.58. The molecule has 1 aliphatic rings. The highest BCUT2D eigenvalue weighted by Gasteiger charge is 2.23. The van der Waals surface area contributed by atoms with Crippen molar-refractivity contribution in [3.05, 3.63) is 0 Å². The first-order chi connectivity index (χ1) is 9.63. The number of carbonyl (C=O) groups is 2. The highest BCUT2D eigenvalue weighted by Crippen LogP contribution is 2.20. The summed E-state index contributed by atoms with van der Waals surface area (Å²) >= 11 is 0. The summed E-state index contributed by atoms with van der Waals surface area (Å²) in [5, 5.41) is 14.9.